The molecule has 0 N–H and O–H groups in total. The highest BCUT2D eigenvalue weighted by molar-refractivity contribution is 5.94. The number of carbonyl (C=O) groups excluding carboxylic acids is 1. The van der Waals surface area contributed by atoms with Crippen molar-refractivity contribution in [2.45, 2.75) is 26.8 Å². The summed E-state index contributed by atoms with van der Waals surface area (Å²) in [5.41, 5.74) is 1.32. The molecule has 0 aliphatic rings. The van der Waals surface area contributed by atoms with Gasteiger partial charge >= 0.3 is 5.97 Å². The summed E-state index contributed by atoms with van der Waals surface area (Å²) in [6.45, 7) is 4.75. The molecule has 33 heavy (non-hydrogen) atoms. The summed E-state index contributed by atoms with van der Waals surface area (Å²) in [6, 6.07) is 8.53. The molecule has 0 spiro atoms. The summed E-state index contributed by atoms with van der Waals surface area (Å²) in [4.78, 5) is 26.8. The Morgan fingerprint density at radius 3 is 2.45 bits per heavy atom. The number of pyridine rings is 1. The highest BCUT2D eigenvalue weighted by Gasteiger charge is 2.19. The number of aromatic nitrogens is 1. The van der Waals surface area contributed by atoms with Crippen LogP contribution in [0.4, 0.5) is 10.1 Å². The second-order valence-electron chi connectivity index (χ2n) is 7.56. The number of hydrogen-bond acceptors (Lipinski definition) is 6. The van der Waals surface area contributed by atoms with E-state index in [4.69, 9.17) is 14.2 Å². The maximum absolute atomic E-state index is 15.1. The molecule has 0 aliphatic carbocycles. The molecule has 0 unspecified atom stereocenters. The average Bonchev–Trinajstić information content (AvgIpc) is 2.82. The molecule has 7 nitrogen and oxygen atoms in total. The van der Waals surface area contributed by atoms with Crippen LogP contribution in [0.5, 0.6) is 11.5 Å². The summed E-state index contributed by atoms with van der Waals surface area (Å²) < 4.78 is 32.4. The molecule has 0 radical (unpaired) electrons. The number of methoxy groups -OCH3 is 2. The van der Waals surface area contributed by atoms with E-state index >= 15 is 4.39 Å². The van der Waals surface area contributed by atoms with Crippen LogP contribution in [0.2, 0.25) is 0 Å². The van der Waals surface area contributed by atoms with Crippen LogP contribution in [-0.4, -0.2) is 45.0 Å². The first-order valence-corrected chi connectivity index (χ1v) is 10.8. The van der Waals surface area contributed by atoms with E-state index in [0.29, 0.717) is 42.2 Å². The largest absolute Gasteiger partial charge is 0.493 e. The molecular formula is C25H29FN2O5. The molecule has 176 valence electrons. The van der Waals surface area contributed by atoms with Gasteiger partial charge in [-0.05, 0) is 50.1 Å². The van der Waals surface area contributed by atoms with E-state index in [9.17, 15) is 9.59 Å². The SMILES string of the molecule is CCOC(=O)c1cn(CC)c2cc(N(C)CCc3ccc(OC)c(OC)c3)c(F)cc2c1=O. The summed E-state index contributed by atoms with van der Waals surface area (Å²) in [6.07, 6.45) is 2.13. The third-order valence-electron chi connectivity index (χ3n) is 5.58. The highest BCUT2D eigenvalue weighted by atomic mass is 19.1. The molecule has 2 aromatic carbocycles. The van der Waals surface area contributed by atoms with Gasteiger partial charge in [-0.3, -0.25) is 4.79 Å². The lowest BCUT2D eigenvalue weighted by molar-refractivity contribution is 0.0524. The third kappa shape index (κ3) is 4.94. The van der Waals surface area contributed by atoms with Gasteiger partial charge in [-0.2, -0.15) is 0 Å². The molecular weight excluding hydrogens is 427 g/mol. The number of anilines is 1. The molecule has 0 saturated carbocycles. The van der Waals surface area contributed by atoms with Crippen LogP contribution in [-0.2, 0) is 17.7 Å². The van der Waals surface area contributed by atoms with Crippen molar-refractivity contribution in [2.75, 3.05) is 39.3 Å². The van der Waals surface area contributed by atoms with Crippen LogP contribution >= 0.6 is 0 Å². The Labute approximate surface area is 192 Å². The fourth-order valence-electron chi connectivity index (χ4n) is 3.76. The minimum Gasteiger partial charge on any atom is -0.493 e. The van der Waals surface area contributed by atoms with Crippen LogP contribution in [0.3, 0.4) is 0 Å². The van der Waals surface area contributed by atoms with E-state index in [0.717, 1.165) is 5.56 Å². The number of nitrogens with zero attached hydrogens (tertiary/aromatic N) is 2. The van der Waals surface area contributed by atoms with Gasteiger partial charge in [-0.1, -0.05) is 6.07 Å². The molecule has 0 atom stereocenters. The number of halogens is 1. The Balaban J connectivity index is 1.93. The van der Waals surface area contributed by atoms with E-state index in [1.807, 2.05) is 25.1 Å². The second kappa shape index (κ2) is 10.4. The predicted octanol–water partition coefficient (Wildman–Crippen LogP) is 4.03. The van der Waals surface area contributed by atoms with Crippen LogP contribution in [0.1, 0.15) is 29.8 Å². The molecule has 0 amide bonds. The molecule has 0 aliphatic heterocycles. The molecule has 3 rings (SSSR count). The minimum atomic E-state index is -0.705. The number of likely N-dealkylation sites (N-methyl/N-ethyl adjacent to an activating group) is 1. The van der Waals surface area contributed by atoms with Crippen molar-refractivity contribution in [3.63, 3.8) is 0 Å². The number of rotatable bonds is 9. The summed E-state index contributed by atoms with van der Waals surface area (Å²) in [5, 5.41) is 0.150. The first kappa shape index (κ1) is 24.1. The number of hydrogen-bond donors (Lipinski definition) is 0. The monoisotopic (exact) mass is 456 g/mol. The second-order valence-corrected chi connectivity index (χ2v) is 7.56. The molecule has 0 fully saturated rings. The van der Waals surface area contributed by atoms with E-state index in [1.165, 1.54) is 12.3 Å². The normalized spacial score (nSPS) is 10.8. The smallest absolute Gasteiger partial charge is 0.343 e. The topological polar surface area (TPSA) is 70.0 Å². The molecule has 1 heterocycles. The first-order valence-electron chi connectivity index (χ1n) is 10.8. The minimum absolute atomic E-state index is 0.0971. The van der Waals surface area contributed by atoms with Crippen molar-refractivity contribution < 1.29 is 23.4 Å². The molecule has 3 aromatic rings. The van der Waals surface area contributed by atoms with Gasteiger partial charge in [0, 0.05) is 31.7 Å². The van der Waals surface area contributed by atoms with Crippen molar-refractivity contribution in [1.29, 1.82) is 0 Å². The molecule has 0 saturated heterocycles. The Kier molecular flexibility index (Phi) is 7.58. The Bertz CT molecular complexity index is 1220. The lowest BCUT2D eigenvalue weighted by atomic mass is 10.1. The fourth-order valence-corrected chi connectivity index (χ4v) is 3.76. The lowest BCUT2D eigenvalue weighted by Gasteiger charge is -2.22. The van der Waals surface area contributed by atoms with E-state index in [2.05, 4.69) is 0 Å². The predicted molar refractivity (Wildman–Crippen MR) is 126 cm³/mol. The van der Waals surface area contributed by atoms with Crippen LogP contribution in [0.15, 0.2) is 41.3 Å². The number of aryl methyl sites for hydroxylation is 1. The lowest BCUT2D eigenvalue weighted by Crippen LogP contribution is -2.24. The van der Waals surface area contributed by atoms with Gasteiger partial charge in [0.15, 0.2) is 11.5 Å². The zero-order chi connectivity index (χ0) is 24.1. The summed E-state index contributed by atoms with van der Waals surface area (Å²) in [7, 11) is 4.96. The average molecular weight is 457 g/mol. The maximum Gasteiger partial charge on any atom is 0.343 e. The van der Waals surface area contributed by atoms with E-state index in [1.54, 1.807) is 43.7 Å². The van der Waals surface area contributed by atoms with Crippen LogP contribution < -0.4 is 19.8 Å². The number of fused-ring (bicyclic) bond motifs is 1. The van der Waals surface area contributed by atoms with Crippen LogP contribution in [0.25, 0.3) is 10.9 Å². The van der Waals surface area contributed by atoms with Crippen molar-refractivity contribution in [1.82, 2.24) is 4.57 Å². The van der Waals surface area contributed by atoms with E-state index < -0.39 is 17.2 Å². The summed E-state index contributed by atoms with van der Waals surface area (Å²) in [5.74, 6) is 0.0509. The van der Waals surface area contributed by atoms with Gasteiger partial charge in [-0.15, -0.1) is 0 Å². The Hall–Kier alpha value is -3.55. The van der Waals surface area contributed by atoms with Gasteiger partial charge in [0.2, 0.25) is 5.43 Å². The Morgan fingerprint density at radius 1 is 1.09 bits per heavy atom. The van der Waals surface area contributed by atoms with Crippen molar-refractivity contribution in [3.05, 3.63) is 63.7 Å². The van der Waals surface area contributed by atoms with Gasteiger partial charge in [0.1, 0.15) is 11.4 Å². The number of esters is 1. The highest BCUT2D eigenvalue weighted by Crippen LogP contribution is 2.29. The number of carbonyl (C=O) groups is 1. The molecule has 0 bridgehead atoms. The van der Waals surface area contributed by atoms with Gasteiger partial charge in [0.25, 0.3) is 0 Å². The number of ether oxygens (including phenoxy) is 3. The van der Waals surface area contributed by atoms with Crippen molar-refractivity contribution >= 4 is 22.6 Å². The van der Waals surface area contributed by atoms with Gasteiger partial charge < -0.3 is 23.7 Å². The summed E-state index contributed by atoms with van der Waals surface area (Å²) >= 11 is 0. The zero-order valence-corrected chi connectivity index (χ0v) is 19.6. The Morgan fingerprint density at radius 2 is 1.82 bits per heavy atom. The van der Waals surface area contributed by atoms with Crippen molar-refractivity contribution in [3.8, 4) is 11.5 Å². The quantitative estimate of drug-likeness (QED) is 0.453. The maximum atomic E-state index is 15.1. The van der Waals surface area contributed by atoms with Gasteiger partial charge in [-0.25, -0.2) is 9.18 Å². The fraction of sp³-hybridized carbons (Fsp3) is 0.360. The molecule has 8 heteroatoms. The van der Waals surface area contributed by atoms with E-state index in [-0.39, 0.29) is 17.6 Å². The first-order chi connectivity index (χ1) is 15.8. The molecule has 1 aromatic heterocycles. The zero-order valence-electron chi connectivity index (χ0n) is 19.6. The van der Waals surface area contributed by atoms with Gasteiger partial charge in [0.05, 0.1) is 32.0 Å². The standard InChI is InChI=1S/C25H29FN2O5/c1-6-28-15-18(25(30)33-7-2)24(29)17-13-19(26)21(14-20(17)28)27(3)11-10-16-8-9-22(31-4)23(12-16)32-5/h8-9,12-15H,6-7,10-11H2,1-5H3. The van der Waals surface area contributed by atoms with Crippen molar-refractivity contribution in [2.24, 2.45) is 0 Å². The third-order valence-corrected chi connectivity index (χ3v) is 5.58. The van der Waals surface area contributed by atoms with Crippen LogP contribution in [0, 0.1) is 5.82 Å². The number of benzene rings is 2.